The fourth-order valence-electron chi connectivity index (χ4n) is 2.10. The minimum Gasteiger partial charge on any atom is -1.00 e. The molecule has 1 N–H and O–H groups in total. The van der Waals surface area contributed by atoms with E-state index in [0.717, 1.165) is 0 Å². The summed E-state index contributed by atoms with van der Waals surface area (Å²) < 4.78 is 2.13. The van der Waals surface area contributed by atoms with E-state index in [4.69, 9.17) is 0 Å². The summed E-state index contributed by atoms with van der Waals surface area (Å²) in [5.74, 6) is 0. The van der Waals surface area contributed by atoms with Gasteiger partial charge in [-0.2, -0.15) is 0 Å². The summed E-state index contributed by atoms with van der Waals surface area (Å²) in [6.07, 6.45) is 4.05. The van der Waals surface area contributed by atoms with Crippen molar-refractivity contribution < 1.29 is 28.5 Å². The lowest BCUT2D eigenvalue weighted by Crippen LogP contribution is -3.00. The van der Waals surface area contributed by atoms with Crippen molar-refractivity contribution in [2.24, 2.45) is 7.05 Å². The molecule has 0 saturated carbocycles. The van der Waals surface area contributed by atoms with E-state index in [0.29, 0.717) is 0 Å². The van der Waals surface area contributed by atoms with Crippen LogP contribution in [0.2, 0.25) is 0 Å². The second-order valence-corrected chi connectivity index (χ2v) is 3.94. The van der Waals surface area contributed by atoms with Gasteiger partial charge in [-0.15, -0.1) is 0 Å². The van der Waals surface area contributed by atoms with E-state index < -0.39 is 0 Å². The molecule has 3 aromatic rings. The highest BCUT2D eigenvalue weighted by atomic mass is 127. The second kappa shape index (κ2) is 4.87. The zero-order chi connectivity index (χ0) is 11.0. The van der Waals surface area contributed by atoms with E-state index in [9.17, 15) is 0 Å². The van der Waals surface area contributed by atoms with E-state index in [-0.39, 0.29) is 24.0 Å². The number of nitrogens with zero attached hydrogens (tertiary/aromatic N) is 1. The molecule has 2 aromatic heterocycles. The van der Waals surface area contributed by atoms with Crippen molar-refractivity contribution in [1.29, 1.82) is 0 Å². The molecule has 0 spiro atoms. The van der Waals surface area contributed by atoms with Gasteiger partial charge in [0, 0.05) is 23.7 Å². The Kier molecular flexibility index (Phi) is 3.47. The average Bonchev–Trinajstić information content (AvgIpc) is 2.77. The number of rotatable bonds is 1. The van der Waals surface area contributed by atoms with Crippen LogP contribution in [0, 0.1) is 0 Å². The van der Waals surface area contributed by atoms with Crippen LogP contribution < -0.4 is 28.5 Å². The van der Waals surface area contributed by atoms with Crippen LogP contribution in [0.5, 0.6) is 0 Å². The van der Waals surface area contributed by atoms with E-state index >= 15 is 0 Å². The van der Waals surface area contributed by atoms with Crippen LogP contribution in [-0.2, 0) is 7.05 Å². The maximum Gasteiger partial charge on any atom is 0.214 e. The first-order valence-electron chi connectivity index (χ1n) is 5.37. The first-order valence-corrected chi connectivity index (χ1v) is 5.37. The Morgan fingerprint density at radius 3 is 2.71 bits per heavy atom. The van der Waals surface area contributed by atoms with Gasteiger partial charge in [-0.3, -0.25) is 0 Å². The summed E-state index contributed by atoms with van der Waals surface area (Å²) in [4.78, 5) is 3.30. The summed E-state index contributed by atoms with van der Waals surface area (Å²) in [6, 6.07) is 14.7. The van der Waals surface area contributed by atoms with E-state index in [1.165, 1.54) is 22.2 Å². The van der Waals surface area contributed by atoms with Gasteiger partial charge in [-0.1, -0.05) is 12.1 Å². The number of halogens is 1. The largest absolute Gasteiger partial charge is 1.00 e. The maximum absolute atomic E-state index is 3.30. The number of benzene rings is 1. The second-order valence-electron chi connectivity index (χ2n) is 3.94. The molecular formula is C14H13IN2. The standard InChI is InChI=1S/C14H12N2.HI/c1-16-10-3-2-7-13(16)12-6-4-5-11-8-9-15-14(11)12;/h2-10H,1H3;1H. The molecule has 0 aliphatic carbocycles. The molecule has 17 heavy (non-hydrogen) atoms. The lowest BCUT2D eigenvalue weighted by Gasteiger charge is -2.01. The molecule has 0 saturated heterocycles. The predicted molar refractivity (Wildman–Crippen MR) is 64.9 cm³/mol. The number of hydrogen-bond acceptors (Lipinski definition) is 0. The lowest BCUT2D eigenvalue weighted by atomic mass is 10.1. The molecule has 86 valence electrons. The Balaban J connectivity index is 0.00000108. The van der Waals surface area contributed by atoms with Crippen LogP contribution in [0.3, 0.4) is 0 Å². The van der Waals surface area contributed by atoms with Gasteiger partial charge in [0.15, 0.2) is 6.20 Å². The Hall–Kier alpha value is -1.36. The molecule has 0 aliphatic heterocycles. The van der Waals surface area contributed by atoms with Gasteiger partial charge < -0.3 is 29.0 Å². The molecule has 3 heteroatoms. The molecule has 0 atom stereocenters. The molecule has 2 heterocycles. The lowest BCUT2D eigenvalue weighted by molar-refractivity contribution is -0.660. The highest BCUT2D eigenvalue weighted by Crippen LogP contribution is 2.24. The summed E-state index contributed by atoms with van der Waals surface area (Å²) in [5, 5.41) is 1.25. The molecule has 0 radical (unpaired) electrons. The molecule has 0 fully saturated rings. The number of aryl methyl sites for hydroxylation is 1. The molecule has 0 unspecified atom stereocenters. The first kappa shape index (κ1) is 12.1. The number of hydrogen-bond donors (Lipinski definition) is 1. The number of aromatic nitrogens is 2. The van der Waals surface area contributed by atoms with Gasteiger partial charge in [0.05, 0.1) is 11.1 Å². The van der Waals surface area contributed by atoms with Crippen LogP contribution >= 0.6 is 0 Å². The van der Waals surface area contributed by atoms with Crippen molar-refractivity contribution in [3.05, 3.63) is 54.9 Å². The van der Waals surface area contributed by atoms with Crippen LogP contribution in [0.4, 0.5) is 0 Å². The van der Waals surface area contributed by atoms with Crippen molar-refractivity contribution in [3.63, 3.8) is 0 Å². The number of fused-ring (bicyclic) bond motifs is 1. The summed E-state index contributed by atoms with van der Waals surface area (Å²) in [5.41, 5.74) is 3.66. The van der Waals surface area contributed by atoms with Crippen LogP contribution in [0.15, 0.2) is 54.9 Å². The van der Waals surface area contributed by atoms with Crippen molar-refractivity contribution in [2.75, 3.05) is 0 Å². The third kappa shape index (κ3) is 2.07. The van der Waals surface area contributed by atoms with Gasteiger partial charge >= 0.3 is 0 Å². The van der Waals surface area contributed by atoms with Crippen LogP contribution in [0.1, 0.15) is 0 Å². The van der Waals surface area contributed by atoms with E-state index in [2.05, 4.69) is 59.2 Å². The van der Waals surface area contributed by atoms with Crippen molar-refractivity contribution in [2.45, 2.75) is 0 Å². The van der Waals surface area contributed by atoms with E-state index in [1.807, 2.05) is 12.3 Å². The minimum atomic E-state index is 0. The Bertz CT molecular complexity index is 643. The van der Waals surface area contributed by atoms with E-state index in [1.54, 1.807) is 0 Å². The highest BCUT2D eigenvalue weighted by Gasteiger charge is 2.11. The zero-order valence-electron chi connectivity index (χ0n) is 9.52. The third-order valence-electron chi connectivity index (χ3n) is 2.92. The molecular weight excluding hydrogens is 323 g/mol. The maximum atomic E-state index is 3.30. The molecule has 0 bridgehead atoms. The molecule has 1 aromatic carbocycles. The van der Waals surface area contributed by atoms with Gasteiger partial charge in [-0.25, -0.2) is 4.57 Å². The zero-order valence-corrected chi connectivity index (χ0v) is 11.7. The van der Waals surface area contributed by atoms with Gasteiger partial charge in [0.2, 0.25) is 5.69 Å². The molecule has 2 nitrogen and oxygen atoms in total. The average molecular weight is 336 g/mol. The Morgan fingerprint density at radius 2 is 1.88 bits per heavy atom. The van der Waals surface area contributed by atoms with Crippen LogP contribution in [0.25, 0.3) is 22.2 Å². The number of nitrogens with one attached hydrogen (secondary N) is 1. The monoisotopic (exact) mass is 336 g/mol. The first-order chi connectivity index (χ1) is 7.86. The number of para-hydroxylation sites is 1. The summed E-state index contributed by atoms with van der Waals surface area (Å²) in [7, 11) is 2.07. The Labute approximate surface area is 117 Å². The summed E-state index contributed by atoms with van der Waals surface area (Å²) in [6.45, 7) is 0. The van der Waals surface area contributed by atoms with Gasteiger partial charge in [0.25, 0.3) is 0 Å². The topological polar surface area (TPSA) is 19.7 Å². The number of H-pyrrole nitrogens is 1. The molecule has 0 amide bonds. The SMILES string of the molecule is C[n+]1ccccc1-c1cccc2cc[nH]c12.[I-]. The van der Waals surface area contributed by atoms with Crippen molar-refractivity contribution >= 4 is 10.9 Å². The summed E-state index contributed by atoms with van der Waals surface area (Å²) >= 11 is 0. The Morgan fingerprint density at radius 1 is 1.00 bits per heavy atom. The van der Waals surface area contributed by atoms with Crippen molar-refractivity contribution in [1.82, 2.24) is 4.98 Å². The highest BCUT2D eigenvalue weighted by molar-refractivity contribution is 5.92. The molecule has 0 aliphatic rings. The number of aromatic amines is 1. The predicted octanol–water partition coefficient (Wildman–Crippen LogP) is -0.337. The number of pyridine rings is 1. The molecule has 3 rings (SSSR count). The third-order valence-corrected chi connectivity index (χ3v) is 2.92. The van der Waals surface area contributed by atoms with Gasteiger partial charge in [0.1, 0.15) is 7.05 Å². The van der Waals surface area contributed by atoms with Crippen molar-refractivity contribution in [3.8, 4) is 11.3 Å². The normalized spacial score (nSPS) is 10.2. The smallest absolute Gasteiger partial charge is 0.214 e. The minimum absolute atomic E-state index is 0. The van der Waals surface area contributed by atoms with Gasteiger partial charge in [-0.05, 0) is 18.2 Å². The quantitative estimate of drug-likeness (QED) is 0.464. The fourth-order valence-corrected chi connectivity index (χ4v) is 2.10. The van der Waals surface area contributed by atoms with Crippen LogP contribution in [-0.4, -0.2) is 4.98 Å². The fraction of sp³-hybridized carbons (Fsp3) is 0.0714.